The van der Waals surface area contributed by atoms with Gasteiger partial charge < -0.3 is 10.6 Å². The van der Waals surface area contributed by atoms with Crippen molar-refractivity contribution in [2.45, 2.75) is 24.6 Å². The van der Waals surface area contributed by atoms with Crippen molar-refractivity contribution >= 4 is 21.4 Å². The predicted octanol–water partition coefficient (Wildman–Crippen LogP) is 0.856. The van der Waals surface area contributed by atoms with Crippen LogP contribution >= 0.6 is 0 Å². The number of carbonyl (C=O) groups excluding carboxylic acids is 1. The lowest BCUT2D eigenvalue weighted by molar-refractivity contribution is -0.118. The Hall–Kier alpha value is -1.40. The third-order valence-electron chi connectivity index (χ3n) is 3.55. The van der Waals surface area contributed by atoms with Crippen LogP contribution in [-0.2, 0) is 14.6 Å². The van der Waals surface area contributed by atoms with Gasteiger partial charge in [0.2, 0.25) is 5.91 Å². The van der Waals surface area contributed by atoms with Crippen LogP contribution in [0.15, 0.2) is 24.3 Å². The quantitative estimate of drug-likeness (QED) is 0.872. The molecule has 0 fully saturated rings. The molecule has 1 aliphatic heterocycles. The van der Waals surface area contributed by atoms with Gasteiger partial charge in [0.25, 0.3) is 0 Å². The van der Waals surface area contributed by atoms with Crippen molar-refractivity contribution in [3.63, 3.8) is 0 Å². The van der Waals surface area contributed by atoms with Crippen LogP contribution in [0.5, 0.6) is 0 Å². The van der Waals surface area contributed by atoms with Crippen molar-refractivity contribution in [1.82, 2.24) is 0 Å². The number of carbonyl (C=O) groups is 1. The Kier molecular flexibility index (Phi) is 3.64. The Morgan fingerprint density at radius 3 is 2.68 bits per heavy atom. The number of hydrogen-bond donors (Lipinski definition) is 1. The molecule has 1 aliphatic rings. The van der Waals surface area contributed by atoms with Gasteiger partial charge in [0.15, 0.2) is 9.84 Å². The molecule has 2 rings (SSSR count). The summed E-state index contributed by atoms with van der Waals surface area (Å²) in [6.45, 7) is 1.88. The van der Waals surface area contributed by atoms with Crippen molar-refractivity contribution in [3.8, 4) is 0 Å². The molecule has 1 heterocycles. The molecule has 1 aromatic carbocycles. The Morgan fingerprint density at radius 2 is 2.05 bits per heavy atom. The highest BCUT2D eigenvalue weighted by Gasteiger charge is 2.33. The molecule has 0 saturated carbocycles. The van der Waals surface area contributed by atoms with Gasteiger partial charge in [-0.15, -0.1) is 0 Å². The summed E-state index contributed by atoms with van der Waals surface area (Å²) < 4.78 is 23.0. The van der Waals surface area contributed by atoms with Crippen LogP contribution in [0.1, 0.15) is 24.9 Å². The number of nitrogens with zero attached hydrogens (tertiary/aromatic N) is 1. The maximum atomic E-state index is 12.3. The standard InChI is InChI=1S/C13H18N2O3S/c1-9(19(2,17)18)13(16)15-8-7-11(14)10-5-3-4-6-12(10)15/h3-6,9,11H,7-8,14H2,1-2H3. The van der Waals surface area contributed by atoms with Crippen LogP contribution in [0, 0.1) is 0 Å². The molecule has 19 heavy (non-hydrogen) atoms. The number of hydrogen-bond acceptors (Lipinski definition) is 4. The maximum absolute atomic E-state index is 12.3. The van der Waals surface area contributed by atoms with Crippen LogP contribution in [0.3, 0.4) is 0 Å². The average Bonchev–Trinajstić information content (AvgIpc) is 2.37. The van der Waals surface area contributed by atoms with E-state index in [4.69, 9.17) is 5.73 Å². The third-order valence-corrected chi connectivity index (χ3v) is 5.03. The monoisotopic (exact) mass is 282 g/mol. The summed E-state index contributed by atoms with van der Waals surface area (Å²) >= 11 is 0. The highest BCUT2D eigenvalue weighted by molar-refractivity contribution is 7.92. The predicted molar refractivity (Wildman–Crippen MR) is 74.6 cm³/mol. The number of amides is 1. The van der Waals surface area contributed by atoms with E-state index in [2.05, 4.69) is 0 Å². The first-order chi connectivity index (χ1) is 8.82. The molecular formula is C13H18N2O3S. The second-order valence-corrected chi connectivity index (χ2v) is 7.28. The van der Waals surface area contributed by atoms with E-state index in [0.29, 0.717) is 13.0 Å². The van der Waals surface area contributed by atoms with Crippen LogP contribution in [-0.4, -0.2) is 32.4 Å². The van der Waals surface area contributed by atoms with E-state index in [1.165, 1.54) is 11.8 Å². The SMILES string of the molecule is CC(C(=O)N1CCC(N)c2ccccc21)S(C)(=O)=O. The Labute approximate surface area is 113 Å². The molecule has 1 aromatic rings. The zero-order valence-corrected chi connectivity index (χ0v) is 11.9. The summed E-state index contributed by atoms with van der Waals surface area (Å²) in [7, 11) is -3.39. The van der Waals surface area contributed by atoms with Gasteiger partial charge >= 0.3 is 0 Å². The minimum absolute atomic E-state index is 0.103. The van der Waals surface area contributed by atoms with E-state index in [1.54, 1.807) is 6.07 Å². The molecule has 2 atom stereocenters. The third kappa shape index (κ3) is 2.64. The number of fused-ring (bicyclic) bond motifs is 1. The molecule has 0 aliphatic carbocycles. The van der Waals surface area contributed by atoms with E-state index < -0.39 is 15.1 Å². The van der Waals surface area contributed by atoms with Crippen molar-refractivity contribution in [2.24, 2.45) is 5.73 Å². The lowest BCUT2D eigenvalue weighted by Gasteiger charge is -2.33. The van der Waals surface area contributed by atoms with Gasteiger partial charge in [0.05, 0.1) is 0 Å². The lowest BCUT2D eigenvalue weighted by Crippen LogP contribution is -2.45. The molecule has 2 unspecified atom stereocenters. The fourth-order valence-electron chi connectivity index (χ4n) is 2.22. The zero-order chi connectivity index (χ0) is 14.2. The first kappa shape index (κ1) is 14.0. The number of benzene rings is 1. The van der Waals surface area contributed by atoms with Gasteiger partial charge in [-0.2, -0.15) is 0 Å². The highest BCUT2D eigenvalue weighted by atomic mass is 32.2. The Balaban J connectivity index is 2.38. The maximum Gasteiger partial charge on any atom is 0.245 e. The van der Waals surface area contributed by atoms with Crippen molar-refractivity contribution in [1.29, 1.82) is 0 Å². The van der Waals surface area contributed by atoms with Crippen LogP contribution in [0.25, 0.3) is 0 Å². The average molecular weight is 282 g/mol. The van der Waals surface area contributed by atoms with Gasteiger partial charge in [-0.3, -0.25) is 4.79 Å². The summed E-state index contributed by atoms with van der Waals surface area (Å²) in [5.41, 5.74) is 7.63. The van der Waals surface area contributed by atoms with Crippen LogP contribution < -0.4 is 10.6 Å². The summed E-state index contributed by atoms with van der Waals surface area (Å²) in [6, 6.07) is 7.27. The second-order valence-electron chi connectivity index (χ2n) is 4.92. The summed E-state index contributed by atoms with van der Waals surface area (Å²) in [4.78, 5) is 13.9. The van der Waals surface area contributed by atoms with E-state index in [9.17, 15) is 13.2 Å². The highest BCUT2D eigenvalue weighted by Crippen LogP contribution is 2.32. The van der Waals surface area contributed by atoms with Gasteiger partial charge in [-0.05, 0) is 25.0 Å². The topological polar surface area (TPSA) is 80.5 Å². The van der Waals surface area contributed by atoms with E-state index in [0.717, 1.165) is 17.5 Å². The number of anilines is 1. The molecule has 104 valence electrons. The molecule has 0 aromatic heterocycles. The second kappa shape index (κ2) is 4.94. The van der Waals surface area contributed by atoms with E-state index >= 15 is 0 Å². The summed E-state index contributed by atoms with van der Waals surface area (Å²) in [5.74, 6) is -0.387. The van der Waals surface area contributed by atoms with Crippen molar-refractivity contribution in [2.75, 3.05) is 17.7 Å². The first-order valence-electron chi connectivity index (χ1n) is 6.17. The molecule has 0 spiro atoms. The first-order valence-corrected chi connectivity index (χ1v) is 8.12. The molecule has 0 saturated heterocycles. The normalized spacial score (nSPS) is 20.8. The van der Waals surface area contributed by atoms with Crippen molar-refractivity contribution in [3.05, 3.63) is 29.8 Å². The minimum atomic E-state index is -3.39. The number of nitrogens with two attached hydrogens (primary N) is 1. The Bertz CT molecular complexity index is 598. The van der Waals surface area contributed by atoms with Gasteiger partial charge in [-0.1, -0.05) is 18.2 Å². The minimum Gasteiger partial charge on any atom is -0.324 e. The Morgan fingerprint density at radius 1 is 1.42 bits per heavy atom. The fourth-order valence-corrected chi connectivity index (χ4v) is 2.72. The lowest BCUT2D eigenvalue weighted by atomic mass is 9.97. The molecule has 6 heteroatoms. The molecule has 0 bridgehead atoms. The molecular weight excluding hydrogens is 264 g/mol. The number of rotatable bonds is 2. The van der Waals surface area contributed by atoms with Gasteiger partial charge in [0, 0.05) is 24.5 Å². The van der Waals surface area contributed by atoms with E-state index in [-0.39, 0.29) is 11.9 Å². The van der Waals surface area contributed by atoms with Crippen molar-refractivity contribution < 1.29 is 13.2 Å². The smallest absolute Gasteiger partial charge is 0.245 e. The van der Waals surface area contributed by atoms with E-state index in [1.807, 2.05) is 18.2 Å². The largest absolute Gasteiger partial charge is 0.324 e. The number of para-hydroxylation sites is 1. The zero-order valence-electron chi connectivity index (χ0n) is 11.0. The molecule has 0 radical (unpaired) electrons. The molecule has 2 N–H and O–H groups in total. The van der Waals surface area contributed by atoms with Crippen LogP contribution in [0.2, 0.25) is 0 Å². The molecule has 5 nitrogen and oxygen atoms in total. The fraction of sp³-hybridized carbons (Fsp3) is 0.462. The van der Waals surface area contributed by atoms with Gasteiger partial charge in [-0.25, -0.2) is 8.42 Å². The number of sulfone groups is 1. The van der Waals surface area contributed by atoms with Gasteiger partial charge in [0.1, 0.15) is 5.25 Å². The van der Waals surface area contributed by atoms with Crippen LogP contribution in [0.4, 0.5) is 5.69 Å². The molecule has 1 amide bonds. The summed E-state index contributed by atoms with van der Waals surface area (Å²) in [6.07, 6.45) is 1.72. The summed E-state index contributed by atoms with van der Waals surface area (Å²) in [5, 5.41) is -1.03.